The Bertz CT molecular complexity index is 1280. The molecule has 0 radical (unpaired) electrons. The van der Waals surface area contributed by atoms with E-state index in [0.29, 0.717) is 23.7 Å². The van der Waals surface area contributed by atoms with E-state index in [1.165, 1.54) is 29.7 Å². The first-order valence-corrected chi connectivity index (χ1v) is 12.6. The molecule has 6 nitrogen and oxygen atoms in total. The number of thiazole rings is 2. The van der Waals surface area contributed by atoms with Gasteiger partial charge in [0, 0.05) is 34.1 Å². The standard InChI is InChI=1S/C20H16ClFN4O2S3/c21-14-3-1-13(2-4-14)9-16-12-30-19(25-16)11-24-15-5-6-18(17(22)10-15)31(27,28)26-20-23-7-8-29-20/h1-8,10,12,24H,9,11H2,(H,23,26). The highest BCUT2D eigenvalue weighted by molar-refractivity contribution is 7.93. The van der Waals surface area contributed by atoms with Crippen molar-refractivity contribution in [2.45, 2.75) is 17.9 Å². The SMILES string of the molecule is O=S(=O)(Nc1nccs1)c1ccc(NCc2nc(Cc3ccc(Cl)cc3)cs2)cc1F. The molecular weight excluding hydrogens is 479 g/mol. The Balaban J connectivity index is 1.38. The minimum atomic E-state index is -4.05. The average molecular weight is 495 g/mol. The maximum absolute atomic E-state index is 14.5. The lowest BCUT2D eigenvalue weighted by Gasteiger charge is -2.09. The summed E-state index contributed by atoms with van der Waals surface area (Å²) in [6.45, 7) is 0.397. The van der Waals surface area contributed by atoms with E-state index in [1.54, 1.807) is 5.38 Å². The first-order chi connectivity index (χ1) is 14.9. The number of benzene rings is 2. The van der Waals surface area contributed by atoms with E-state index in [4.69, 9.17) is 11.6 Å². The number of sulfonamides is 1. The molecule has 11 heteroatoms. The van der Waals surface area contributed by atoms with Gasteiger partial charge in [0.2, 0.25) is 0 Å². The molecule has 2 aromatic heterocycles. The first-order valence-electron chi connectivity index (χ1n) is 9.02. The van der Waals surface area contributed by atoms with E-state index in [-0.39, 0.29) is 5.13 Å². The molecule has 0 aliphatic rings. The first kappa shape index (κ1) is 21.7. The molecule has 0 amide bonds. The second-order valence-electron chi connectivity index (χ2n) is 6.48. The highest BCUT2D eigenvalue weighted by atomic mass is 35.5. The molecule has 2 heterocycles. The van der Waals surface area contributed by atoms with Gasteiger partial charge in [-0.2, -0.15) is 0 Å². The number of aromatic nitrogens is 2. The normalized spacial score (nSPS) is 11.4. The zero-order valence-electron chi connectivity index (χ0n) is 15.9. The second kappa shape index (κ2) is 9.31. The molecule has 2 aromatic carbocycles. The summed E-state index contributed by atoms with van der Waals surface area (Å²) < 4.78 is 41.5. The molecule has 0 fully saturated rings. The predicted octanol–water partition coefficient (Wildman–Crippen LogP) is 5.40. The third-order valence-corrected chi connectivity index (χ3v) is 7.56. The average Bonchev–Trinajstić information content (AvgIpc) is 3.40. The van der Waals surface area contributed by atoms with Crippen LogP contribution in [0.5, 0.6) is 0 Å². The van der Waals surface area contributed by atoms with E-state index < -0.39 is 20.7 Å². The van der Waals surface area contributed by atoms with Crippen molar-refractivity contribution in [3.63, 3.8) is 0 Å². The minimum absolute atomic E-state index is 0.180. The lowest BCUT2D eigenvalue weighted by molar-refractivity contribution is 0.570. The molecule has 0 aliphatic carbocycles. The molecule has 160 valence electrons. The summed E-state index contributed by atoms with van der Waals surface area (Å²) in [6, 6.07) is 11.5. The summed E-state index contributed by atoms with van der Waals surface area (Å²) >= 11 is 8.52. The van der Waals surface area contributed by atoms with Gasteiger partial charge in [-0.05, 0) is 35.9 Å². The summed E-state index contributed by atoms with van der Waals surface area (Å²) in [5.74, 6) is -0.850. The lowest BCUT2D eigenvalue weighted by Crippen LogP contribution is -2.14. The van der Waals surface area contributed by atoms with Crippen molar-refractivity contribution in [2.75, 3.05) is 10.0 Å². The predicted molar refractivity (Wildman–Crippen MR) is 123 cm³/mol. The van der Waals surface area contributed by atoms with Gasteiger partial charge in [-0.1, -0.05) is 23.7 Å². The Labute approximate surface area is 191 Å². The Morgan fingerprint density at radius 3 is 2.61 bits per heavy atom. The van der Waals surface area contributed by atoms with E-state index in [0.717, 1.165) is 33.7 Å². The molecule has 0 saturated carbocycles. The van der Waals surface area contributed by atoms with Gasteiger partial charge >= 0.3 is 0 Å². The van der Waals surface area contributed by atoms with Gasteiger partial charge in [-0.25, -0.2) is 22.8 Å². The summed E-state index contributed by atoms with van der Waals surface area (Å²) in [7, 11) is -4.05. The monoisotopic (exact) mass is 494 g/mol. The molecule has 4 rings (SSSR count). The summed E-state index contributed by atoms with van der Waals surface area (Å²) in [6.07, 6.45) is 2.16. The van der Waals surface area contributed by atoms with E-state index >= 15 is 0 Å². The number of hydrogen-bond donors (Lipinski definition) is 2. The van der Waals surface area contributed by atoms with Gasteiger partial charge < -0.3 is 5.32 Å². The van der Waals surface area contributed by atoms with Crippen LogP contribution in [0.15, 0.2) is 64.3 Å². The Hall–Kier alpha value is -2.53. The van der Waals surface area contributed by atoms with Crippen LogP contribution in [0, 0.1) is 5.82 Å². The zero-order valence-corrected chi connectivity index (χ0v) is 19.1. The third-order valence-electron chi connectivity index (χ3n) is 4.22. The maximum Gasteiger partial charge on any atom is 0.266 e. The van der Waals surface area contributed by atoms with Crippen LogP contribution >= 0.6 is 34.3 Å². The Morgan fingerprint density at radius 1 is 1.10 bits per heavy atom. The van der Waals surface area contributed by atoms with Crippen LogP contribution in [0.1, 0.15) is 16.3 Å². The van der Waals surface area contributed by atoms with Crippen LogP contribution < -0.4 is 10.0 Å². The van der Waals surface area contributed by atoms with E-state index in [1.807, 2.05) is 29.6 Å². The summed E-state index contributed by atoms with van der Waals surface area (Å²) in [5.41, 5.74) is 2.50. The van der Waals surface area contributed by atoms with Crippen molar-refractivity contribution in [1.29, 1.82) is 0 Å². The number of nitrogens with one attached hydrogen (secondary N) is 2. The lowest BCUT2D eigenvalue weighted by atomic mass is 10.1. The number of halogens is 2. The molecule has 0 atom stereocenters. The van der Waals surface area contributed by atoms with Gasteiger partial charge in [-0.3, -0.25) is 4.72 Å². The van der Waals surface area contributed by atoms with E-state index in [2.05, 4.69) is 20.0 Å². The highest BCUT2D eigenvalue weighted by Crippen LogP contribution is 2.23. The summed E-state index contributed by atoms with van der Waals surface area (Å²) in [5, 5.41) is 8.39. The van der Waals surface area contributed by atoms with Crippen molar-refractivity contribution in [3.05, 3.63) is 86.5 Å². The van der Waals surface area contributed by atoms with Crippen LogP contribution in [0.4, 0.5) is 15.2 Å². The molecule has 4 aromatic rings. The van der Waals surface area contributed by atoms with Crippen LogP contribution in [-0.2, 0) is 23.0 Å². The van der Waals surface area contributed by atoms with Crippen LogP contribution in [0.3, 0.4) is 0 Å². The number of hydrogen-bond acceptors (Lipinski definition) is 7. The van der Waals surface area contributed by atoms with Crippen LogP contribution in [-0.4, -0.2) is 18.4 Å². The van der Waals surface area contributed by atoms with Crippen molar-refractivity contribution in [2.24, 2.45) is 0 Å². The Morgan fingerprint density at radius 2 is 1.90 bits per heavy atom. The molecule has 0 aliphatic heterocycles. The zero-order chi connectivity index (χ0) is 21.8. The molecule has 0 spiro atoms. The van der Waals surface area contributed by atoms with Gasteiger partial charge in [-0.15, -0.1) is 22.7 Å². The topological polar surface area (TPSA) is 84.0 Å². The van der Waals surface area contributed by atoms with Crippen molar-refractivity contribution < 1.29 is 12.8 Å². The molecule has 0 bridgehead atoms. The second-order valence-corrected chi connectivity index (χ2v) is 10.4. The molecular formula is C20H16ClFN4O2S3. The molecule has 2 N–H and O–H groups in total. The summed E-state index contributed by atoms with van der Waals surface area (Å²) in [4.78, 5) is 8.00. The van der Waals surface area contributed by atoms with Gasteiger partial charge in [0.1, 0.15) is 15.7 Å². The molecule has 0 unspecified atom stereocenters. The quantitative estimate of drug-likeness (QED) is 0.343. The van der Waals surface area contributed by atoms with Crippen LogP contribution in [0.2, 0.25) is 5.02 Å². The van der Waals surface area contributed by atoms with Gasteiger partial charge in [0.25, 0.3) is 10.0 Å². The Kier molecular flexibility index (Phi) is 6.51. The minimum Gasteiger partial charge on any atom is -0.378 e. The fraction of sp³-hybridized carbons (Fsp3) is 0.100. The van der Waals surface area contributed by atoms with Gasteiger partial charge in [0.15, 0.2) is 5.13 Å². The number of anilines is 2. The highest BCUT2D eigenvalue weighted by Gasteiger charge is 2.20. The van der Waals surface area contributed by atoms with Crippen molar-refractivity contribution in [1.82, 2.24) is 9.97 Å². The van der Waals surface area contributed by atoms with Crippen molar-refractivity contribution >= 4 is 55.1 Å². The van der Waals surface area contributed by atoms with Crippen LogP contribution in [0.25, 0.3) is 0 Å². The third kappa shape index (κ3) is 5.59. The van der Waals surface area contributed by atoms with E-state index in [9.17, 15) is 12.8 Å². The largest absolute Gasteiger partial charge is 0.378 e. The fourth-order valence-corrected chi connectivity index (χ4v) is 5.48. The van der Waals surface area contributed by atoms with Crippen molar-refractivity contribution in [3.8, 4) is 0 Å². The number of rotatable bonds is 8. The molecule has 0 saturated heterocycles. The number of nitrogens with zero attached hydrogens (tertiary/aromatic N) is 2. The maximum atomic E-state index is 14.5. The fourth-order valence-electron chi connectivity index (χ4n) is 2.77. The molecule has 31 heavy (non-hydrogen) atoms. The van der Waals surface area contributed by atoms with Gasteiger partial charge in [0.05, 0.1) is 12.2 Å². The smallest absolute Gasteiger partial charge is 0.266 e.